The van der Waals surface area contributed by atoms with Crippen molar-refractivity contribution in [1.29, 1.82) is 0 Å². The summed E-state index contributed by atoms with van der Waals surface area (Å²) < 4.78 is 5.02. The molecule has 2 aromatic heterocycles. The first kappa shape index (κ1) is 33.1. The van der Waals surface area contributed by atoms with E-state index >= 15 is 0 Å². The number of para-hydroxylation sites is 3. The zero-order valence-corrected chi connectivity index (χ0v) is 32.7. The zero-order chi connectivity index (χ0) is 39.3. The second-order valence-electron chi connectivity index (χ2n) is 16.0. The van der Waals surface area contributed by atoms with E-state index in [4.69, 9.17) is 0 Å². The van der Waals surface area contributed by atoms with Crippen molar-refractivity contribution in [3.05, 3.63) is 218 Å². The number of aromatic nitrogens is 2. The van der Waals surface area contributed by atoms with E-state index in [-0.39, 0.29) is 0 Å². The lowest BCUT2D eigenvalue weighted by Gasteiger charge is -2.18. The number of rotatable bonds is 4. The third kappa shape index (κ3) is 4.76. The predicted molar refractivity (Wildman–Crippen MR) is 256 cm³/mol. The summed E-state index contributed by atoms with van der Waals surface area (Å²) in [7, 11) is 0. The molecule has 0 saturated carbocycles. The average Bonchev–Trinajstić information content (AvgIpc) is 3.84. The minimum absolute atomic E-state index is 1.13. The van der Waals surface area contributed by atoms with E-state index in [9.17, 15) is 0 Å². The maximum absolute atomic E-state index is 2.55. The van der Waals surface area contributed by atoms with Gasteiger partial charge < -0.3 is 9.13 Å². The van der Waals surface area contributed by atoms with Crippen LogP contribution in [0.4, 0.5) is 0 Å². The van der Waals surface area contributed by atoms with Gasteiger partial charge in [0.25, 0.3) is 0 Å². The maximum atomic E-state index is 2.55. The van der Waals surface area contributed by atoms with Gasteiger partial charge in [0.15, 0.2) is 0 Å². The molecule has 13 rings (SSSR count). The van der Waals surface area contributed by atoms with Gasteiger partial charge in [-0.25, -0.2) is 0 Å². The van der Waals surface area contributed by atoms with Crippen molar-refractivity contribution in [2.24, 2.45) is 0 Å². The molecular formula is C58H36N2. The van der Waals surface area contributed by atoms with Crippen LogP contribution < -0.4 is 0 Å². The SMILES string of the molecule is c1ccc(-n2c3ccccc3c3ccc4c5ccccc5n(-c5cc(-c6cc7ccccc7c7ccccc67)cc(-c6cc7ccccc7c7ccccc67)c5)c4c32)cc1. The van der Waals surface area contributed by atoms with Crippen LogP contribution in [0.2, 0.25) is 0 Å². The minimum Gasteiger partial charge on any atom is -0.307 e. The standard InChI is InChI=1S/C58H36N2/c1-2-18-41(19-3-1)59-55-28-14-12-26-49(55)51-30-31-52-50-27-13-15-29-56(50)60(58(52)57(51)59)42-33-39(53-35-37-16-4-6-20-43(37)45-22-8-10-24-47(45)53)32-40(34-42)54-36-38-17-5-7-21-44(38)46-23-9-11-25-48(46)54/h1-36H. The number of hydrogen-bond donors (Lipinski definition) is 0. The van der Waals surface area contributed by atoms with Crippen LogP contribution in [0.3, 0.4) is 0 Å². The molecule has 11 aromatic carbocycles. The first-order chi connectivity index (χ1) is 29.8. The van der Waals surface area contributed by atoms with Crippen molar-refractivity contribution >= 4 is 86.7 Å². The second-order valence-corrected chi connectivity index (χ2v) is 16.0. The fourth-order valence-corrected chi connectivity index (χ4v) is 10.3. The Morgan fingerprint density at radius 2 is 0.617 bits per heavy atom. The van der Waals surface area contributed by atoms with Crippen molar-refractivity contribution in [3.8, 4) is 33.6 Å². The van der Waals surface area contributed by atoms with Crippen molar-refractivity contribution in [3.63, 3.8) is 0 Å². The van der Waals surface area contributed by atoms with Crippen LogP contribution in [-0.2, 0) is 0 Å². The van der Waals surface area contributed by atoms with Gasteiger partial charge in [-0.2, -0.15) is 0 Å². The van der Waals surface area contributed by atoms with Gasteiger partial charge >= 0.3 is 0 Å². The highest BCUT2D eigenvalue weighted by Gasteiger charge is 2.23. The second kappa shape index (κ2) is 12.8. The molecule has 278 valence electrons. The van der Waals surface area contributed by atoms with E-state index in [1.165, 1.54) is 109 Å². The molecule has 0 radical (unpaired) electrons. The Kier molecular flexibility index (Phi) is 7.05. The normalized spacial score (nSPS) is 12.0. The van der Waals surface area contributed by atoms with Gasteiger partial charge in [-0.05, 0) is 120 Å². The fourth-order valence-electron chi connectivity index (χ4n) is 10.3. The molecule has 60 heavy (non-hydrogen) atoms. The Morgan fingerprint density at radius 3 is 1.12 bits per heavy atom. The summed E-state index contributed by atoms with van der Waals surface area (Å²) in [6.45, 7) is 0. The van der Waals surface area contributed by atoms with Crippen molar-refractivity contribution in [1.82, 2.24) is 9.13 Å². The molecule has 0 aliphatic rings. The van der Waals surface area contributed by atoms with Gasteiger partial charge in [-0.1, -0.05) is 164 Å². The average molecular weight is 761 g/mol. The number of nitrogens with zero attached hydrogens (tertiary/aromatic N) is 2. The maximum Gasteiger partial charge on any atom is 0.0788 e. The van der Waals surface area contributed by atoms with Gasteiger partial charge in [0.2, 0.25) is 0 Å². The van der Waals surface area contributed by atoms with Crippen LogP contribution in [0.15, 0.2) is 218 Å². The summed E-state index contributed by atoms with van der Waals surface area (Å²) in [4.78, 5) is 0. The van der Waals surface area contributed by atoms with Crippen LogP contribution in [0.25, 0.3) is 120 Å². The Balaban J connectivity index is 1.22. The molecular weight excluding hydrogens is 725 g/mol. The lowest BCUT2D eigenvalue weighted by molar-refractivity contribution is 1.15. The van der Waals surface area contributed by atoms with Crippen LogP contribution >= 0.6 is 0 Å². The highest BCUT2D eigenvalue weighted by atomic mass is 15.0. The molecule has 0 saturated heterocycles. The summed E-state index contributed by atoms with van der Waals surface area (Å²) in [5, 5.41) is 15.0. The molecule has 0 atom stereocenters. The van der Waals surface area contributed by atoms with Crippen LogP contribution in [0.5, 0.6) is 0 Å². The van der Waals surface area contributed by atoms with E-state index in [1.54, 1.807) is 0 Å². The van der Waals surface area contributed by atoms with E-state index in [1.807, 2.05) is 0 Å². The lowest BCUT2D eigenvalue weighted by atomic mass is 9.89. The Morgan fingerprint density at radius 1 is 0.233 bits per heavy atom. The molecule has 2 heteroatoms. The van der Waals surface area contributed by atoms with E-state index in [0.29, 0.717) is 0 Å². The van der Waals surface area contributed by atoms with E-state index in [0.717, 1.165) is 11.4 Å². The van der Waals surface area contributed by atoms with E-state index < -0.39 is 0 Å². The van der Waals surface area contributed by atoms with Crippen molar-refractivity contribution in [2.75, 3.05) is 0 Å². The molecule has 0 spiro atoms. The summed E-state index contributed by atoms with van der Waals surface area (Å²) >= 11 is 0. The summed E-state index contributed by atoms with van der Waals surface area (Å²) in [5.41, 5.74) is 11.9. The Labute approximate surface area is 346 Å². The quantitative estimate of drug-likeness (QED) is 0.158. The summed E-state index contributed by atoms with van der Waals surface area (Å²) in [6, 6.07) is 80.8. The first-order valence-electron chi connectivity index (χ1n) is 20.8. The first-order valence-corrected chi connectivity index (χ1v) is 20.8. The minimum atomic E-state index is 1.13. The molecule has 0 bridgehead atoms. The van der Waals surface area contributed by atoms with Gasteiger partial charge in [0.05, 0.1) is 22.1 Å². The molecule has 13 aromatic rings. The highest BCUT2D eigenvalue weighted by Crippen LogP contribution is 2.45. The smallest absolute Gasteiger partial charge is 0.0788 e. The Bertz CT molecular complexity index is 3750. The zero-order valence-electron chi connectivity index (χ0n) is 32.7. The third-order valence-corrected chi connectivity index (χ3v) is 12.8. The largest absolute Gasteiger partial charge is 0.307 e. The number of fused-ring (bicyclic) bond motifs is 13. The topological polar surface area (TPSA) is 9.86 Å². The lowest BCUT2D eigenvalue weighted by Crippen LogP contribution is -2.00. The van der Waals surface area contributed by atoms with Crippen LogP contribution in [0, 0.1) is 0 Å². The molecule has 0 aliphatic carbocycles. The molecule has 2 heterocycles. The Hall–Kier alpha value is -7.94. The van der Waals surface area contributed by atoms with Crippen molar-refractivity contribution in [2.45, 2.75) is 0 Å². The predicted octanol–water partition coefficient (Wildman–Crippen LogP) is 15.8. The van der Waals surface area contributed by atoms with Gasteiger partial charge in [-0.15, -0.1) is 0 Å². The number of hydrogen-bond acceptors (Lipinski definition) is 0. The molecule has 0 aliphatic heterocycles. The summed E-state index contributed by atoms with van der Waals surface area (Å²) in [5.74, 6) is 0. The van der Waals surface area contributed by atoms with Crippen molar-refractivity contribution < 1.29 is 0 Å². The molecule has 0 N–H and O–H groups in total. The summed E-state index contributed by atoms with van der Waals surface area (Å²) in [6.07, 6.45) is 0. The van der Waals surface area contributed by atoms with Crippen LogP contribution in [0.1, 0.15) is 0 Å². The third-order valence-electron chi connectivity index (χ3n) is 12.8. The molecule has 0 amide bonds. The van der Waals surface area contributed by atoms with Gasteiger partial charge in [-0.3, -0.25) is 0 Å². The van der Waals surface area contributed by atoms with Gasteiger partial charge in [0.1, 0.15) is 0 Å². The van der Waals surface area contributed by atoms with E-state index in [2.05, 4.69) is 228 Å². The van der Waals surface area contributed by atoms with Gasteiger partial charge in [0, 0.05) is 32.9 Å². The van der Waals surface area contributed by atoms with Crippen LogP contribution in [-0.4, -0.2) is 9.13 Å². The molecule has 2 nitrogen and oxygen atoms in total. The molecule has 0 fully saturated rings. The molecule has 0 unspecified atom stereocenters. The fraction of sp³-hybridized carbons (Fsp3) is 0. The number of benzene rings is 11. The highest BCUT2D eigenvalue weighted by molar-refractivity contribution is 6.24. The monoisotopic (exact) mass is 760 g/mol.